The Morgan fingerprint density at radius 1 is 0.889 bits per heavy atom. The van der Waals surface area contributed by atoms with Crippen LogP contribution in [0.3, 0.4) is 0 Å². The van der Waals surface area contributed by atoms with Crippen LogP contribution in [0.25, 0.3) is 20.5 Å². The zero-order valence-corrected chi connectivity index (χ0v) is 25.4. The number of carbonyl (C=O) groups is 1. The molecule has 3 aromatic carbocycles. The molecule has 0 radical (unpaired) electrons. The summed E-state index contributed by atoms with van der Waals surface area (Å²) in [5.74, 6) is 0.955. The highest BCUT2D eigenvalue weighted by molar-refractivity contribution is 7.22. The highest BCUT2D eigenvalue weighted by Gasteiger charge is 2.44. The Hall–Kier alpha value is -3.55. The smallest absolute Gasteiger partial charge is 0.229 e. The van der Waals surface area contributed by atoms with E-state index in [-0.39, 0.29) is 11.5 Å². The largest absolute Gasteiger partial charge is 0.508 e. The highest BCUT2D eigenvalue weighted by atomic mass is 32.1. The van der Waals surface area contributed by atoms with Gasteiger partial charge in [-0.3, -0.25) is 9.69 Å². The van der Waals surface area contributed by atoms with Crippen LogP contribution in [0.5, 0.6) is 17.2 Å². The molecule has 0 bridgehead atoms. The third-order valence-electron chi connectivity index (χ3n) is 8.36. The number of aliphatic hydroxyl groups is 4. The van der Waals surface area contributed by atoms with Gasteiger partial charge in [-0.25, -0.2) is 0 Å². The van der Waals surface area contributed by atoms with E-state index in [4.69, 9.17) is 14.2 Å². The second kappa shape index (κ2) is 13.8. The highest BCUT2D eigenvalue weighted by Crippen LogP contribution is 2.42. The van der Waals surface area contributed by atoms with Crippen molar-refractivity contribution >= 4 is 27.2 Å². The maximum atomic E-state index is 14.0. The van der Waals surface area contributed by atoms with Crippen molar-refractivity contribution in [2.24, 2.45) is 0 Å². The van der Waals surface area contributed by atoms with Gasteiger partial charge in [0.15, 0.2) is 5.78 Å². The fraction of sp³-hybridized carbons (Fsp3) is 0.382. The molecule has 0 spiro atoms. The first-order chi connectivity index (χ1) is 21.8. The lowest BCUT2D eigenvalue weighted by molar-refractivity contribution is -0.277. The third kappa shape index (κ3) is 6.85. The number of carbonyl (C=O) groups excluding carboxylic acids is 1. The minimum absolute atomic E-state index is 0.101. The van der Waals surface area contributed by atoms with Crippen molar-refractivity contribution in [3.05, 3.63) is 77.9 Å². The molecule has 0 aliphatic carbocycles. The molecule has 5 atom stereocenters. The van der Waals surface area contributed by atoms with Gasteiger partial charge >= 0.3 is 0 Å². The van der Waals surface area contributed by atoms with E-state index >= 15 is 0 Å². The minimum atomic E-state index is -1.55. The second-order valence-electron chi connectivity index (χ2n) is 11.4. The summed E-state index contributed by atoms with van der Waals surface area (Å²) in [6.45, 7) is 3.13. The van der Waals surface area contributed by atoms with Crippen LogP contribution in [-0.2, 0) is 4.74 Å². The van der Waals surface area contributed by atoms with Crippen LogP contribution in [-0.4, -0.2) is 99.8 Å². The molecule has 0 amide bonds. The first kappa shape index (κ1) is 31.4. The SMILES string of the molecule is O=C(c1ccc(OCCN2CCCCC2)cc1)c1c(-c2ccc(OC3O[C@H](CO)[C@@H](O)[C@H](O)[C@H]3O)cc2)sc2cc(O)ccc12. The molecule has 2 saturated heterocycles. The van der Waals surface area contributed by atoms with Gasteiger partial charge in [-0.1, -0.05) is 6.42 Å². The summed E-state index contributed by atoms with van der Waals surface area (Å²) in [5, 5.41) is 50.7. The first-order valence-electron chi connectivity index (χ1n) is 15.2. The van der Waals surface area contributed by atoms with Gasteiger partial charge in [0, 0.05) is 32.6 Å². The zero-order valence-electron chi connectivity index (χ0n) is 24.6. The van der Waals surface area contributed by atoms with E-state index in [9.17, 15) is 30.3 Å². The quantitative estimate of drug-likeness (QED) is 0.164. The Balaban J connectivity index is 1.21. The van der Waals surface area contributed by atoms with Crippen molar-refractivity contribution in [1.29, 1.82) is 0 Å². The van der Waals surface area contributed by atoms with Gasteiger partial charge < -0.3 is 39.7 Å². The fourth-order valence-electron chi connectivity index (χ4n) is 5.82. The van der Waals surface area contributed by atoms with Crippen LogP contribution < -0.4 is 9.47 Å². The molecule has 11 heteroatoms. The molecule has 45 heavy (non-hydrogen) atoms. The average Bonchev–Trinajstić information content (AvgIpc) is 3.44. The Labute approximate surface area is 264 Å². The predicted molar refractivity (Wildman–Crippen MR) is 169 cm³/mol. The molecular weight excluding hydrogens is 598 g/mol. The lowest BCUT2D eigenvalue weighted by Gasteiger charge is -2.39. The number of fused-ring (bicyclic) bond motifs is 1. The Bertz CT molecular complexity index is 1600. The Kier molecular flexibility index (Phi) is 9.67. The van der Waals surface area contributed by atoms with Crippen LogP contribution in [0.1, 0.15) is 35.2 Å². The van der Waals surface area contributed by atoms with Crippen molar-refractivity contribution in [1.82, 2.24) is 4.90 Å². The van der Waals surface area contributed by atoms with Gasteiger partial charge in [0.25, 0.3) is 0 Å². The molecule has 10 nitrogen and oxygen atoms in total. The number of piperidine rings is 1. The summed E-state index contributed by atoms with van der Waals surface area (Å²) in [5.41, 5.74) is 1.75. The topological polar surface area (TPSA) is 149 Å². The van der Waals surface area contributed by atoms with Gasteiger partial charge in [-0.2, -0.15) is 0 Å². The summed E-state index contributed by atoms with van der Waals surface area (Å²) in [6, 6.07) is 18.9. The van der Waals surface area contributed by atoms with Gasteiger partial charge in [0.1, 0.15) is 48.3 Å². The number of hydrogen-bond donors (Lipinski definition) is 5. The number of hydrogen-bond acceptors (Lipinski definition) is 11. The molecule has 4 aromatic rings. The zero-order chi connectivity index (χ0) is 31.5. The van der Waals surface area contributed by atoms with E-state index in [0.717, 1.165) is 35.3 Å². The molecule has 0 saturated carbocycles. The summed E-state index contributed by atoms with van der Waals surface area (Å²) >= 11 is 1.38. The standard InChI is InChI=1S/C34H37NO9S/c36-19-26-30(39)31(40)32(41)34(44-26)43-24-11-6-21(7-12-24)33-28(25-13-8-22(37)18-27(25)45-33)29(38)20-4-9-23(10-5-20)42-17-16-35-14-2-1-3-15-35/h4-13,18,26,30-32,34,36-37,39-41H,1-3,14-17,19H2/t26-,30-,31+,32-,34?/m1/s1. The molecule has 1 aromatic heterocycles. The first-order valence-corrected chi connectivity index (χ1v) is 16.0. The number of aliphatic hydroxyl groups excluding tert-OH is 4. The van der Waals surface area contributed by atoms with Gasteiger partial charge in [-0.15, -0.1) is 11.3 Å². The summed E-state index contributed by atoms with van der Waals surface area (Å²) in [6.07, 6.45) is -3.21. The number of likely N-dealkylation sites (tertiary alicyclic amines) is 1. The van der Waals surface area contributed by atoms with Crippen molar-refractivity contribution < 1.29 is 44.5 Å². The van der Waals surface area contributed by atoms with E-state index in [1.165, 1.54) is 30.6 Å². The van der Waals surface area contributed by atoms with Crippen LogP contribution in [0.15, 0.2) is 66.7 Å². The maximum absolute atomic E-state index is 14.0. The molecule has 6 rings (SSSR count). The maximum Gasteiger partial charge on any atom is 0.229 e. The number of nitrogens with zero attached hydrogens (tertiary/aromatic N) is 1. The lowest BCUT2D eigenvalue weighted by atomic mass is 9.97. The third-order valence-corrected chi connectivity index (χ3v) is 9.56. The number of ether oxygens (including phenoxy) is 3. The fourth-order valence-corrected chi connectivity index (χ4v) is 7.06. The van der Waals surface area contributed by atoms with E-state index < -0.39 is 37.3 Å². The van der Waals surface area contributed by atoms with Gasteiger partial charge in [0.05, 0.1) is 6.61 Å². The average molecular weight is 636 g/mol. The predicted octanol–water partition coefficient (Wildman–Crippen LogP) is 3.55. The number of benzene rings is 3. The van der Waals surface area contributed by atoms with E-state index in [1.807, 2.05) is 12.1 Å². The van der Waals surface area contributed by atoms with Crippen molar-refractivity contribution in [2.75, 3.05) is 32.8 Å². The Morgan fingerprint density at radius 3 is 2.31 bits per heavy atom. The van der Waals surface area contributed by atoms with Crippen LogP contribution in [0, 0.1) is 0 Å². The van der Waals surface area contributed by atoms with Gasteiger partial charge in [-0.05, 0) is 98.2 Å². The van der Waals surface area contributed by atoms with Crippen LogP contribution in [0.4, 0.5) is 0 Å². The monoisotopic (exact) mass is 635 g/mol. The summed E-state index contributed by atoms with van der Waals surface area (Å²) in [4.78, 5) is 17.1. The van der Waals surface area contributed by atoms with Gasteiger partial charge in [0.2, 0.25) is 6.29 Å². The molecule has 238 valence electrons. The molecule has 2 aliphatic rings. The number of ketones is 1. The molecular formula is C34H37NO9S. The number of thiophene rings is 1. The minimum Gasteiger partial charge on any atom is -0.508 e. The lowest BCUT2D eigenvalue weighted by Crippen LogP contribution is -2.60. The normalized spacial score (nSPS) is 24.0. The van der Waals surface area contributed by atoms with E-state index in [0.29, 0.717) is 34.1 Å². The van der Waals surface area contributed by atoms with Crippen molar-refractivity contribution in [2.45, 2.75) is 50.0 Å². The second-order valence-corrected chi connectivity index (χ2v) is 12.5. The Morgan fingerprint density at radius 2 is 1.60 bits per heavy atom. The number of aromatic hydroxyl groups is 1. The number of phenolic OH excluding ortho intramolecular Hbond substituents is 1. The molecule has 2 fully saturated rings. The van der Waals surface area contributed by atoms with E-state index in [1.54, 1.807) is 54.6 Å². The molecule has 3 heterocycles. The van der Waals surface area contributed by atoms with Crippen LogP contribution >= 0.6 is 11.3 Å². The van der Waals surface area contributed by atoms with Crippen LogP contribution in [0.2, 0.25) is 0 Å². The number of phenols is 1. The van der Waals surface area contributed by atoms with E-state index in [2.05, 4.69) is 4.90 Å². The van der Waals surface area contributed by atoms with Crippen molar-refractivity contribution in [3.63, 3.8) is 0 Å². The molecule has 2 aliphatic heterocycles. The molecule has 1 unspecified atom stereocenters. The summed E-state index contributed by atoms with van der Waals surface area (Å²) < 4.78 is 17.9. The molecule has 5 N–H and O–H groups in total. The number of rotatable bonds is 10. The summed E-state index contributed by atoms with van der Waals surface area (Å²) in [7, 11) is 0. The van der Waals surface area contributed by atoms with Crippen molar-refractivity contribution in [3.8, 4) is 27.7 Å².